The molecule has 22 heavy (non-hydrogen) atoms. The third-order valence-corrected chi connectivity index (χ3v) is 4.00. The highest BCUT2D eigenvalue weighted by molar-refractivity contribution is 7.09. The van der Waals surface area contributed by atoms with Crippen LogP contribution in [0.1, 0.15) is 24.0 Å². The number of amides is 1. The van der Waals surface area contributed by atoms with Crippen molar-refractivity contribution in [1.29, 1.82) is 0 Å². The van der Waals surface area contributed by atoms with Gasteiger partial charge >= 0.3 is 12.1 Å². The lowest BCUT2D eigenvalue weighted by Crippen LogP contribution is -2.46. The molecular formula is C12H15F3N2O4S. The molecule has 1 aromatic rings. The Morgan fingerprint density at radius 3 is 2.45 bits per heavy atom. The largest absolute Gasteiger partial charge is 0.481 e. The monoisotopic (exact) mass is 340 g/mol. The zero-order chi connectivity index (χ0) is 17.1. The third kappa shape index (κ3) is 4.17. The Morgan fingerprint density at radius 1 is 1.45 bits per heavy atom. The molecule has 2 atom stereocenters. The van der Waals surface area contributed by atoms with Crippen molar-refractivity contribution in [3.05, 3.63) is 16.1 Å². The molecule has 0 aliphatic rings. The molecule has 6 nitrogen and oxygen atoms in total. The van der Waals surface area contributed by atoms with Gasteiger partial charge in [-0.25, -0.2) is 4.98 Å². The summed E-state index contributed by atoms with van der Waals surface area (Å²) in [5, 5.41) is 21.3. The van der Waals surface area contributed by atoms with Crippen LogP contribution in [0.15, 0.2) is 5.38 Å². The van der Waals surface area contributed by atoms with Gasteiger partial charge in [0.05, 0.1) is 12.3 Å². The first-order chi connectivity index (χ1) is 9.97. The van der Waals surface area contributed by atoms with E-state index in [1.807, 2.05) is 0 Å². The van der Waals surface area contributed by atoms with Crippen molar-refractivity contribution in [2.75, 3.05) is 6.54 Å². The fraction of sp³-hybridized carbons (Fsp3) is 0.583. The van der Waals surface area contributed by atoms with Gasteiger partial charge in [-0.05, 0) is 6.92 Å². The number of aryl methyl sites for hydroxylation is 1. The number of thiazole rings is 1. The summed E-state index contributed by atoms with van der Waals surface area (Å²) < 4.78 is 39.4. The lowest BCUT2D eigenvalue weighted by Gasteiger charge is -2.28. The molecule has 0 fully saturated rings. The van der Waals surface area contributed by atoms with Crippen LogP contribution < -0.4 is 5.32 Å². The highest BCUT2D eigenvalue weighted by atomic mass is 32.1. The summed E-state index contributed by atoms with van der Waals surface area (Å²) in [6.07, 6.45) is -6.37. The average molecular weight is 340 g/mol. The summed E-state index contributed by atoms with van der Waals surface area (Å²) in [4.78, 5) is 25.8. The Kier molecular flexibility index (Phi) is 5.52. The number of alkyl halides is 3. The number of hydrogen-bond acceptors (Lipinski definition) is 5. The molecule has 0 bridgehead atoms. The number of nitrogens with one attached hydrogen (secondary N) is 1. The molecule has 0 radical (unpaired) electrons. The second-order valence-corrected chi connectivity index (χ2v) is 5.73. The molecule has 0 saturated heterocycles. The maximum atomic E-state index is 13.1. The summed E-state index contributed by atoms with van der Waals surface area (Å²) in [6.45, 7) is 2.42. The molecule has 0 aliphatic heterocycles. The van der Waals surface area contributed by atoms with Crippen molar-refractivity contribution in [3.8, 4) is 0 Å². The second kappa shape index (κ2) is 6.61. The van der Waals surface area contributed by atoms with Crippen molar-refractivity contribution in [2.45, 2.75) is 32.0 Å². The smallest absolute Gasteiger partial charge is 0.424 e. The fourth-order valence-corrected chi connectivity index (χ4v) is 2.40. The highest BCUT2D eigenvalue weighted by Gasteiger charge is 2.58. The predicted molar refractivity (Wildman–Crippen MR) is 71.2 cm³/mol. The molecule has 3 N–H and O–H groups in total. The summed E-state index contributed by atoms with van der Waals surface area (Å²) in [5.74, 6) is -3.26. The van der Waals surface area contributed by atoms with E-state index in [0.717, 1.165) is 0 Å². The Morgan fingerprint density at radius 2 is 2.05 bits per heavy atom. The lowest BCUT2D eigenvalue weighted by molar-refractivity contribution is -0.267. The van der Waals surface area contributed by atoms with E-state index in [0.29, 0.717) is 17.0 Å². The van der Waals surface area contributed by atoms with E-state index in [1.165, 1.54) is 19.2 Å². The average Bonchev–Trinajstić information content (AvgIpc) is 2.81. The van der Waals surface area contributed by atoms with E-state index in [4.69, 9.17) is 5.11 Å². The summed E-state index contributed by atoms with van der Waals surface area (Å²) in [5.41, 5.74) is -3.11. The van der Waals surface area contributed by atoms with Gasteiger partial charge in [0.25, 0.3) is 0 Å². The topological polar surface area (TPSA) is 99.5 Å². The van der Waals surface area contributed by atoms with Gasteiger partial charge in [-0.15, -0.1) is 11.3 Å². The van der Waals surface area contributed by atoms with E-state index < -0.39 is 41.0 Å². The van der Waals surface area contributed by atoms with E-state index in [9.17, 15) is 27.9 Å². The number of nitrogens with zero attached hydrogens (tertiary/aromatic N) is 1. The van der Waals surface area contributed by atoms with Gasteiger partial charge in [-0.1, -0.05) is 6.92 Å². The Balaban J connectivity index is 2.87. The predicted octanol–water partition coefficient (Wildman–Crippen LogP) is 1.43. The van der Waals surface area contributed by atoms with Crippen LogP contribution in [-0.4, -0.2) is 39.8 Å². The quantitative estimate of drug-likeness (QED) is 0.727. The molecule has 0 aliphatic carbocycles. The normalized spacial score (nSPS) is 15.9. The zero-order valence-corrected chi connectivity index (χ0v) is 12.6. The molecule has 1 aromatic heterocycles. The highest BCUT2D eigenvalue weighted by Crippen LogP contribution is 2.42. The summed E-state index contributed by atoms with van der Waals surface area (Å²) >= 11 is 0.599. The molecular weight excluding hydrogens is 325 g/mol. The van der Waals surface area contributed by atoms with Gasteiger partial charge in [0, 0.05) is 17.6 Å². The molecule has 0 aromatic carbocycles. The zero-order valence-electron chi connectivity index (χ0n) is 11.8. The van der Waals surface area contributed by atoms with Crippen LogP contribution in [0.3, 0.4) is 0 Å². The minimum atomic E-state index is -5.09. The van der Waals surface area contributed by atoms with Crippen molar-refractivity contribution in [1.82, 2.24) is 10.3 Å². The number of carboxylic acids is 1. The summed E-state index contributed by atoms with van der Waals surface area (Å²) in [6, 6.07) is 0. The number of aliphatic hydroxyl groups is 1. The summed E-state index contributed by atoms with van der Waals surface area (Å²) in [7, 11) is 0. The number of halogens is 3. The molecule has 1 heterocycles. The molecule has 1 rings (SSSR count). The molecule has 2 unspecified atom stereocenters. The Hall–Kier alpha value is -1.68. The maximum Gasteiger partial charge on any atom is 0.424 e. The number of carboxylic acid groups (broad SMARTS) is 1. The third-order valence-electron chi connectivity index (χ3n) is 2.89. The first-order valence-electron chi connectivity index (χ1n) is 6.18. The number of carbonyl (C=O) groups excluding carboxylic acids is 1. The fourth-order valence-electron chi connectivity index (χ4n) is 1.49. The first kappa shape index (κ1) is 18.4. The van der Waals surface area contributed by atoms with Gasteiger partial charge in [-0.3, -0.25) is 9.59 Å². The van der Waals surface area contributed by atoms with Gasteiger partial charge in [0.15, 0.2) is 0 Å². The van der Waals surface area contributed by atoms with Crippen molar-refractivity contribution >= 4 is 23.2 Å². The number of hydrogen-bond donors (Lipinski definition) is 3. The molecule has 10 heteroatoms. The number of carbonyl (C=O) groups is 2. The van der Waals surface area contributed by atoms with Crippen LogP contribution in [0.5, 0.6) is 0 Å². The SMILES string of the molecule is Cc1csc(C(O)(CC(=O)NCC(C)C(=O)O)C(F)(F)F)n1. The van der Waals surface area contributed by atoms with Crippen LogP contribution in [0.25, 0.3) is 0 Å². The van der Waals surface area contributed by atoms with E-state index in [-0.39, 0.29) is 6.54 Å². The van der Waals surface area contributed by atoms with E-state index >= 15 is 0 Å². The number of rotatable bonds is 6. The standard InChI is InChI=1S/C12H15F3N2O4S/c1-6(9(19)20)4-16-8(18)3-11(21,12(13,14)15)10-17-7(2)5-22-10/h5-6,21H,3-4H2,1-2H3,(H,16,18)(H,19,20). The number of aromatic nitrogens is 1. The van der Waals surface area contributed by atoms with E-state index in [2.05, 4.69) is 10.3 Å². The Labute approximate surface area is 128 Å². The minimum Gasteiger partial charge on any atom is -0.481 e. The van der Waals surface area contributed by atoms with Crippen LogP contribution >= 0.6 is 11.3 Å². The second-order valence-electron chi connectivity index (χ2n) is 4.87. The minimum absolute atomic E-state index is 0.294. The van der Waals surface area contributed by atoms with Crippen LogP contribution in [0, 0.1) is 12.8 Å². The van der Waals surface area contributed by atoms with E-state index in [1.54, 1.807) is 0 Å². The van der Waals surface area contributed by atoms with Gasteiger partial charge in [-0.2, -0.15) is 13.2 Å². The molecule has 1 amide bonds. The lowest BCUT2D eigenvalue weighted by atomic mass is 9.99. The van der Waals surface area contributed by atoms with Gasteiger partial charge in [0.1, 0.15) is 5.01 Å². The van der Waals surface area contributed by atoms with Crippen LogP contribution in [-0.2, 0) is 15.2 Å². The van der Waals surface area contributed by atoms with Crippen LogP contribution in [0.2, 0.25) is 0 Å². The maximum absolute atomic E-state index is 13.1. The van der Waals surface area contributed by atoms with Crippen LogP contribution in [0.4, 0.5) is 13.2 Å². The van der Waals surface area contributed by atoms with Crippen molar-refractivity contribution < 1.29 is 33.0 Å². The van der Waals surface area contributed by atoms with Gasteiger partial charge in [0.2, 0.25) is 11.5 Å². The Bertz CT molecular complexity index is 561. The first-order valence-corrected chi connectivity index (χ1v) is 7.06. The molecule has 0 saturated carbocycles. The molecule has 0 spiro atoms. The van der Waals surface area contributed by atoms with Crippen molar-refractivity contribution in [2.24, 2.45) is 5.92 Å². The van der Waals surface area contributed by atoms with Crippen molar-refractivity contribution in [3.63, 3.8) is 0 Å². The number of aliphatic carboxylic acids is 1. The van der Waals surface area contributed by atoms with Gasteiger partial charge < -0.3 is 15.5 Å². The molecule has 124 valence electrons.